The third-order valence-electron chi connectivity index (χ3n) is 1.98. The normalized spacial score (nSPS) is 10.6. The van der Waals surface area contributed by atoms with Gasteiger partial charge in [0.05, 0.1) is 0 Å². The van der Waals surface area contributed by atoms with Gasteiger partial charge in [-0.3, -0.25) is 0 Å². The molecule has 17 heavy (non-hydrogen) atoms. The molecule has 0 saturated carbocycles. The Morgan fingerprint density at radius 3 is 2.65 bits per heavy atom. The maximum absolute atomic E-state index is 11.4. The molecule has 0 unspecified atom stereocenters. The van der Waals surface area contributed by atoms with Crippen molar-refractivity contribution in [1.82, 2.24) is 0 Å². The SMILES string of the molecule is CC#CCOc1c(C)cc(Br)cc1S(N)(=O)=O. The van der Waals surface area contributed by atoms with Crippen molar-refractivity contribution in [3.8, 4) is 17.6 Å². The number of hydrogen-bond acceptors (Lipinski definition) is 3. The lowest BCUT2D eigenvalue weighted by molar-refractivity contribution is 0.357. The number of halogens is 1. The van der Waals surface area contributed by atoms with Crippen LogP contribution in [-0.2, 0) is 10.0 Å². The number of hydrogen-bond donors (Lipinski definition) is 1. The first kappa shape index (κ1) is 14.0. The minimum Gasteiger partial charge on any atom is -0.479 e. The van der Waals surface area contributed by atoms with Gasteiger partial charge < -0.3 is 4.74 Å². The van der Waals surface area contributed by atoms with E-state index < -0.39 is 10.0 Å². The molecule has 0 amide bonds. The average Bonchev–Trinajstić information content (AvgIpc) is 2.19. The van der Waals surface area contributed by atoms with E-state index in [2.05, 4.69) is 27.8 Å². The van der Waals surface area contributed by atoms with E-state index in [4.69, 9.17) is 9.88 Å². The Bertz CT molecular complexity index is 585. The van der Waals surface area contributed by atoms with Crippen molar-refractivity contribution in [2.75, 3.05) is 6.61 Å². The summed E-state index contributed by atoms with van der Waals surface area (Å²) in [5.74, 6) is 5.61. The Hall–Kier alpha value is -1.03. The van der Waals surface area contributed by atoms with Gasteiger partial charge in [-0.05, 0) is 31.5 Å². The zero-order chi connectivity index (χ0) is 13.1. The van der Waals surface area contributed by atoms with Gasteiger partial charge in [-0.2, -0.15) is 0 Å². The van der Waals surface area contributed by atoms with E-state index in [0.29, 0.717) is 10.0 Å². The van der Waals surface area contributed by atoms with E-state index in [1.807, 2.05) is 0 Å². The van der Waals surface area contributed by atoms with Gasteiger partial charge in [0, 0.05) is 4.47 Å². The fourth-order valence-corrected chi connectivity index (χ4v) is 2.77. The molecular formula is C11H12BrNO3S. The van der Waals surface area contributed by atoms with Crippen LogP contribution in [0.3, 0.4) is 0 Å². The van der Waals surface area contributed by atoms with Crippen LogP contribution in [0.4, 0.5) is 0 Å². The Kier molecular flexibility index (Phi) is 4.57. The third kappa shape index (κ3) is 3.73. The van der Waals surface area contributed by atoms with Crippen LogP contribution < -0.4 is 9.88 Å². The Morgan fingerprint density at radius 2 is 2.12 bits per heavy atom. The van der Waals surface area contributed by atoms with E-state index in [1.165, 1.54) is 6.07 Å². The van der Waals surface area contributed by atoms with Gasteiger partial charge >= 0.3 is 0 Å². The lowest BCUT2D eigenvalue weighted by atomic mass is 10.2. The zero-order valence-electron chi connectivity index (χ0n) is 9.45. The molecular weight excluding hydrogens is 306 g/mol. The summed E-state index contributed by atoms with van der Waals surface area (Å²) in [6.45, 7) is 3.55. The molecule has 6 heteroatoms. The van der Waals surface area contributed by atoms with Gasteiger partial charge in [-0.25, -0.2) is 13.6 Å². The molecule has 4 nitrogen and oxygen atoms in total. The Morgan fingerprint density at radius 1 is 1.47 bits per heavy atom. The molecule has 0 aliphatic rings. The van der Waals surface area contributed by atoms with Crippen LogP contribution >= 0.6 is 15.9 Å². The van der Waals surface area contributed by atoms with Crippen molar-refractivity contribution >= 4 is 26.0 Å². The quantitative estimate of drug-likeness (QED) is 0.864. The van der Waals surface area contributed by atoms with Crippen LogP contribution in [0.25, 0.3) is 0 Å². The molecule has 0 atom stereocenters. The van der Waals surface area contributed by atoms with Gasteiger partial charge in [0.2, 0.25) is 10.0 Å². The van der Waals surface area contributed by atoms with Gasteiger partial charge in [0.15, 0.2) is 0 Å². The van der Waals surface area contributed by atoms with Crippen molar-refractivity contribution in [2.45, 2.75) is 18.7 Å². The molecule has 92 valence electrons. The van der Waals surface area contributed by atoms with Gasteiger partial charge in [-0.1, -0.05) is 21.9 Å². The molecule has 2 N–H and O–H groups in total. The Labute approximate surface area is 109 Å². The summed E-state index contributed by atoms with van der Waals surface area (Å²) in [5.41, 5.74) is 0.682. The van der Waals surface area contributed by atoms with Gasteiger partial charge in [0.25, 0.3) is 0 Å². The summed E-state index contributed by atoms with van der Waals surface area (Å²) in [4.78, 5) is -0.0396. The second-order valence-corrected chi connectivity index (χ2v) is 5.76. The standard InChI is InChI=1S/C11H12BrNO3S/c1-3-4-5-16-11-8(2)6-9(12)7-10(11)17(13,14)15/h6-7H,5H2,1-2H3,(H2,13,14,15). The van der Waals surface area contributed by atoms with Gasteiger partial charge in [0.1, 0.15) is 17.3 Å². The smallest absolute Gasteiger partial charge is 0.241 e. The fourth-order valence-electron chi connectivity index (χ4n) is 1.28. The number of primary sulfonamides is 1. The summed E-state index contributed by atoms with van der Waals surface area (Å²) >= 11 is 3.22. The van der Waals surface area contributed by atoms with Crippen LogP contribution in [0.15, 0.2) is 21.5 Å². The second kappa shape index (κ2) is 5.54. The van der Waals surface area contributed by atoms with E-state index in [0.717, 1.165) is 0 Å². The van der Waals surface area contributed by atoms with Crippen molar-refractivity contribution in [3.05, 3.63) is 22.2 Å². The lowest BCUT2D eigenvalue weighted by Gasteiger charge is -2.11. The molecule has 0 fully saturated rings. The number of sulfonamides is 1. The van der Waals surface area contributed by atoms with Crippen LogP contribution in [0.1, 0.15) is 12.5 Å². The van der Waals surface area contributed by atoms with E-state index in [1.54, 1.807) is 19.9 Å². The van der Waals surface area contributed by atoms with E-state index in [-0.39, 0.29) is 17.3 Å². The topological polar surface area (TPSA) is 69.4 Å². The number of benzene rings is 1. The third-order valence-corrected chi connectivity index (χ3v) is 3.35. The van der Waals surface area contributed by atoms with Crippen molar-refractivity contribution < 1.29 is 13.2 Å². The van der Waals surface area contributed by atoms with Gasteiger partial charge in [-0.15, -0.1) is 5.92 Å². The second-order valence-electron chi connectivity index (χ2n) is 3.31. The molecule has 0 aliphatic carbocycles. The van der Waals surface area contributed by atoms with Crippen molar-refractivity contribution in [2.24, 2.45) is 5.14 Å². The molecule has 1 aromatic rings. The summed E-state index contributed by atoms with van der Waals surface area (Å²) in [5, 5.41) is 5.13. The minimum atomic E-state index is -3.82. The highest BCUT2D eigenvalue weighted by molar-refractivity contribution is 9.10. The van der Waals surface area contributed by atoms with Crippen LogP contribution in [0.2, 0.25) is 0 Å². The number of ether oxygens (including phenoxy) is 1. The monoisotopic (exact) mass is 317 g/mol. The van der Waals surface area contributed by atoms with Crippen LogP contribution in [-0.4, -0.2) is 15.0 Å². The predicted molar refractivity (Wildman–Crippen MR) is 69.2 cm³/mol. The lowest BCUT2D eigenvalue weighted by Crippen LogP contribution is -2.14. The van der Waals surface area contributed by atoms with Crippen molar-refractivity contribution in [1.29, 1.82) is 0 Å². The van der Waals surface area contributed by atoms with Crippen LogP contribution in [0.5, 0.6) is 5.75 Å². The highest BCUT2D eigenvalue weighted by Gasteiger charge is 2.18. The Balaban J connectivity index is 3.29. The zero-order valence-corrected chi connectivity index (χ0v) is 11.9. The first-order chi connectivity index (χ1) is 7.86. The summed E-state index contributed by atoms with van der Waals surface area (Å²) in [6, 6.07) is 3.17. The molecule has 0 spiro atoms. The molecule has 1 rings (SSSR count). The first-order valence-electron chi connectivity index (χ1n) is 4.71. The highest BCUT2D eigenvalue weighted by Crippen LogP contribution is 2.30. The maximum atomic E-state index is 11.4. The molecule has 0 aliphatic heterocycles. The first-order valence-corrected chi connectivity index (χ1v) is 7.05. The number of aryl methyl sites for hydroxylation is 1. The predicted octanol–water partition coefficient (Wildman–Crippen LogP) is 1.81. The van der Waals surface area contributed by atoms with E-state index >= 15 is 0 Å². The molecule has 1 aromatic carbocycles. The molecule has 0 heterocycles. The summed E-state index contributed by atoms with van der Waals surface area (Å²) in [6.07, 6.45) is 0. The fraction of sp³-hybridized carbons (Fsp3) is 0.273. The summed E-state index contributed by atoms with van der Waals surface area (Å²) < 4.78 is 28.8. The highest BCUT2D eigenvalue weighted by atomic mass is 79.9. The average molecular weight is 318 g/mol. The maximum Gasteiger partial charge on any atom is 0.241 e. The molecule has 0 bridgehead atoms. The van der Waals surface area contributed by atoms with Crippen LogP contribution in [0, 0.1) is 18.8 Å². The minimum absolute atomic E-state index is 0.0396. The molecule has 0 saturated heterocycles. The summed E-state index contributed by atoms with van der Waals surface area (Å²) in [7, 11) is -3.82. The largest absolute Gasteiger partial charge is 0.479 e. The molecule has 0 aromatic heterocycles. The van der Waals surface area contributed by atoms with Crippen molar-refractivity contribution in [3.63, 3.8) is 0 Å². The molecule has 0 radical (unpaired) electrons. The van der Waals surface area contributed by atoms with E-state index in [9.17, 15) is 8.42 Å². The number of rotatable bonds is 3. The number of nitrogens with two attached hydrogens (primary N) is 1.